The van der Waals surface area contributed by atoms with Crippen LogP contribution >= 0.6 is 11.3 Å². The lowest BCUT2D eigenvalue weighted by Gasteiger charge is -2.21. The van der Waals surface area contributed by atoms with Gasteiger partial charge in [-0.05, 0) is 55.3 Å². The lowest BCUT2D eigenvalue weighted by molar-refractivity contribution is 0.112. The molecule has 0 radical (unpaired) electrons. The molecule has 0 aliphatic heterocycles. The van der Waals surface area contributed by atoms with E-state index in [0.717, 1.165) is 46.5 Å². The average Bonchev–Trinajstić information content (AvgIpc) is 3.23. The highest BCUT2D eigenvalue weighted by Crippen LogP contribution is 2.30. The smallest absolute Gasteiger partial charge is 0.344 e. The third kappa shape index (κ3) is 3.74. The minimum Gasteiger partial charge on any atom is -0.422 e. The van der Waals surface area contributed by atoms with Crippen molar-refractivity contribution in [2.24, 2.45) is 0 Å². The summed E-state index contributed by atoms with van der Waals surface area (Å²) in [6, 6.07) is 19.4. The minimum atomic E-state index is -0.346. The normalized spacial score (nSPS) is 11.0. The highest BCUT2D eigenvalue weighted by Gasteiger charge is 2.11. The van der Waals surface area contributed by atoms with Crippen LogP contribution < -0.4 is 10.5 Å². The number of carbonyl (C=O) groups excluding carboxylic acids is 1. The topological polar surface area (TPSA) is 50.5 Å². The van der Waals surface area contributed by atoms with E-state index in [1.54, 1.807) is 0 Å². The van der Waals surface area contributed by atoms with Crippen LogP contribution in [0.15, 0.2) is 69.9 Å². The van der Waals surface area contributed by atoms with Gasteiger partial charge in [0.1, 0.15) is 5.58 Å². The number of thiophene rings is 1. The molecule has 0 aliphatic rings. The van der Waals surface area contributed by atoms with E-state index in [0.29, 0.717) is 16.0 Å². The van der Waals surface area contributed by atoms with Gasteiger partial charge in [-0.25, -0.2) is 4.79 Å². The molecule has 0 amide bonds. The summed E-state index contributed by atoms with van der Waals surface area (Å²) in [5.74, 6) is 0. The van der Waals surface area contributed by atoms with Crippen molar-refractivity contribution in [3.8, 4) is 21.6 Å². The average molecular weight is 404 g/mol. The van der Waals surface area contributed by atoms with Crippen molar-refractivity contribution < 1.29 is 9.21 Å². The number of fused-ring (bicyclic) bond motifs is 1. The summed E-state index contributed by atoms with van der Waals surface area (Å²) >= 11 is 1.45. The van der Waals surface area contributed by atoms with Crippen LogP contribution in [-0.4, -0.2) is 19.4 Å². The monoisotopic (exact) mass is 403 g/mol. The minimum absolute atomic E-state index is 0.346. The maximum absolute atomic E-state index is 12.6. The molecule has 5 heteroatoms. The highest BCUT2D eigenvalue weighted by molar-refractivity contribution is 7.17. The molecule has 0 atom stereocenters. The van der Waals surface area contributed by atoms with Crippen LogP contribution in [0, 0.1) is 0 Å². The Morgan fingerprint density at radius 3 is 2.31 bits per heavy atom. The van der Waals surface area contributed by atoms with E-state index in [1.807, 2.05) is 54.6 Å². The van der Waals surface area contributed by atoms with Gasteiger partial charge in [-0.15, -0.1) is 11.3 Å². The van der Waals surface area contributed by atoms with Crippen LogP contribution in [0.25, 0.3) is 32.5 Å². The van der Waals surface area contributed by atoms with E-state index >= 15 is 0 Å². The second-order valence-electron chi connectivity index (χ2n) is 6.74. The molecule has 2 heterocycles. The Morgan fingerprint density at radius 2 is 1.66 bits per heavy atom. The van der Waals surface area contributed by atoms with Gasteiger partial charge in [0, 0.05) is 35.1 Å². The van der Waals surface area contributed by atoms with Gasteiger partial charge in [0.2, 0.25) is 0 Å². The van der Waals surface area contributed by atoms with Crippen molar-refractivity contribution in [3.63, 3.8) is 0 Å². The SMILES string of the molecule is CCN(CC)c1ccc2cc(-c3ccc(-c4ccc(C=O)s4)cc3)c(=O)oc2c1. The van der Waals surface area contributed by atoms with Crippen molar-refractivity contribution >= 4 is 34.3 Å². The van der Waals surface area contributed by atoms with Crippen LogP contribution in [0.1, 0.15) is 23.5 Å². The maximum Gasteiger partial charge on any atom is 0.344 e. The third-order valence-electron chi connectivity index (χ3n) is 5.07. The Hall–Kier alpha value is -3.18. The van der Waals surface area contributed by atoms with Crippen molar-refractivity contribution in [3.05, 3.63) is 76.0 Å². The van der Waals surface area contributed by atoms with Crippen molar-refractivity contribution in [1.29, 1.82) is 0 Å². The van der Waals surface area contributed by atoms with Crippen LogP contribution in [-0.2, 0) is 0 Å². The lowest BCUT2D eigenvalue weighted by atomic mass is 10.0. The van der Waals surface area contributed by atoms with E-state index < -0.39 is 0 Å². The number of hydrogen-bond acceptors (Lipinski definition) is 5. The number of rotatable bonds is 6. The summed E-state index contributed by atoms with van der Waals surface area (Å²) in [5, 5.41) is 0.897. The second kappa shape index (κ2) is 8.05. The van der Waals surface area contributed by atoms with Crippen molar-refractivity contribution in [2.75, 3.05) is 18.0 Å². The first-order valence-corrected chi connectivity index (χ1v) is 10.4. The summed E-state index contributed by atoms with van der Waals surface area (Å²) in [4.78, 5) is 27.5. The number of nitrogens with zero attached hydrogens (tertiary/aromatic N) is 1. The van der Waals surface area contributed by atoms with Crippen molar-refractivity contribution in [1.82, 2.24) is 0 Å². The first kappa shape index (κ1) is 19.2. The Bertz CT molecular complexity index is 1220. The molecular formula is C24H21NO3S. The summed E-state index contributed by atoms with van der Waals surface area (Å²) in [7, 11) is 0. The standard InChI is InChI=1S/C24H21NO3S/c1-3-25(4-2)19-10-9-18-13-21(24(27)28-22(18)14-19)16-5-7-17(8-6-16)23-12-11-20(15-26)29-23/h5-15H,3-4H2,1-2H3. The van der Waals surface area contributed by atoms with Crippen LogP contribution in [0.4, 0.5) is 5.69 Å². The molecule has 2 aromatic heterocycles. The van der Waals surface area contributed by atoms with Gasteiger partial charge in [-0.3, -0.25) is 4.79 Å². The zero-order chi connectivity index (χ0) is 20.4. The molecule has 0 fully saturated rings. The Labute approximate surface area is 173 Å². The van der Waals surface area contributed by atoms with Gasteiger partial charge in [0.25, 0.3) is 0 Å². The summed E-state index contributed by atoms with van der Waals surface area (Å²) < 4.78 is 5.64. The van der Waals surface area contributed by atoms with Gasteiger partial charge in [-0.2, -0.15) is 0 Å². The number of hydrogen-bond donors (Lipinski definition) is 0. The molecule has 0 saturated carbocycles. The van der Waals surface area contributed by atoms with Crippen molar-refractivity contribution in [2.45, 2.75) is 13.8 Å². The molecule has 29 heavy (non-hydrogen) atoms. The second-order valence-corrected chi connectivity index (χ2v) is 7.85. The number of aldehydes is 1. The zero-order valence-corrected chi connectivity index (χ0v) is 17.2. The Morgan fingerprint density at radius 1 is 0.931 bits per heavy atom. The molecule has 2 aromatic carbocycles. The molecule has 0 unspecified atom stereocenters. The third-order valence-corrected chi connectivity index (χ3v) is 6.13. The number of benzene rings is 2. The first-order valence-electron chi connectivity index (χ1n) is 9.61. The molecular weight excluding hydrogens is 382 g/mol. The van der Waals surface area contributed by atoms with Crippen LogP contribution in [0.2, 0.25) is 0 Å². The molecule has 0 bridgehead atoms. The highest BCUT2D eigenvalue weighted by atomic mass is 32.1. The Kier molecular flexibility index (Phi) is 5.32. The lowest BCUT2D eigenvalue weighted by Crippen LogP contribution is -2.21. The quantitative estimate of drug-likeness (QED) is 0.299. The number of carbonyl (C=O) groups is 1. The predicted octanol–water partition coefficient (Wildman–Crippen LogP) is 5.85. The Balaban J connectivity index is 1.70. The van der Waals surface area contributed by atoms with Gasteiger partial charge in [-0.1, -0.05) is 24.3 Å². The molecule has 4 rings (SSSR count). The molecule has 0 spiro atoms. The molecule has 4 aromatic rings. The first-order chi connectivity index (χ1) is 14.1. The zero-order valence-electron chi connectivity index (χ0n) is 16.3. The van der Waals surface area contributed by atoms with Gasteiger partial charge in [0.15, 0.2) is 6.29 Å². The summed E-state index contributed by atoms with van der Waals surface area (Å²) in [6.07, 6.45) is 0.856. The fourth-order valence-electron chi connectivity index (χ4n) is 3.47. The fourth-order valence-corrected chi connectivity index (χ4v) is 4.30. The van der Waals surface area contributed by atoms with Gasteiger partial charge < -0.3 is 9.32 Å². The fraction of sp³-hybridized carbons (Fsp3) is 0.167. The predicted molar refractivity (Wildman–Crippen MR) is 120 cm³/mol. The van der Waals surface area contributed by atoms with Gasteiger partial charge in [0.05, 0.1) is 10.4 Å². The largest absolute Gasteiger partial charge is 0.422 e. The van der Waals surface area contributed by atoms with E-state index in [-0.39, 0.29) is 5.63 Å². The van der Waals surface area contributed by atoms with E-state index in [1.165, 1.54) is 11.3 Å². The maximum atomic E-state index is 12.6. The van der Waals surface area contributed by atoms with Crippen LogP contribution in [0.3, 0.4) is 0 Å². The summed E-state index contributed by atoms with van der Waals surface area (Å²) in [6.45, 7) is 6.00. The molecule has 0 N–H and O–H groups in total. The molecule has 4 nitrogen and oxygen atoms in total. The van der Waals surface area contributed by atoms with Gasteiger partial charge >= 0.3 is 5.63 Å². The molecule has 0 aliphatic carbocycles. The molecule has 0 saturated heterocycles. The number of anilines is 1. The van der Waals surface area contributed by atoms with E-state index in [9.17, 15) is 9.59 Å². The van der Waals surface area contributed by atoms with E-state index in [4.69, 9.17) is 4.42 Å². The van der Waals surface area contributed by atoms with E-state index in [2.05, 4.69) is 24.8 Å². The molecule has 146 valence electrons. The summed E-state index contributed by atoms with van der Waals surface area (Å²) in [5.41, 5.74) is 3.67. The van der Waals surface area contributed by atoms with Crippen LogP contribution in [0.5, 0.6) is 0 Å².